The molecule has 0 saturated carbocycles. The molecule has 2 aromatic heterocycles. The van der Waals surface area contributed by atoms with E-state index in [1.165, 1.54) is 11.6 Å². The van der Waals surface area contributed by atoms with Crippen molar-refractivity contribution in [2.45, 2.75) is 32.9 Å². The number of aromatic nitrogens is 2. The number of pyridine rings is 1. The topological polar surface area (TPSA) is 42.3 Å². The van der Waals surface area contributed by atoms with Gasteiger partial charge in [0.2, 0.25) is 0 Å². The second-order valence-corrected chi connectivity index (χ2v) is 10.4. The van der Waals surface area contributed by atoms with E-state index in [1.54, 1.807) is 18.3 Å². The molecule has 0 unspecified atom stereocenters. The number of benzene rings is 3. The summed E-state index contributed by atoms with van der Waals surface area (Å²) < 4.78 is 22.3. The van der Waals surface area contributed by atoms with Crippen LogP contribution in [-0.2, 0) is 0 Å². The summed E-state index contributed by atoms with van der Waals surface area (Å²) in [6.45, 7) is 6.16. The number of hydrogen-bond donors (Lipinski definition) is 1. The molecule has 3 heterocycles. The fourth-order valence-corrected chi connectivity index (χ4v) is 5.81. The number of hydrogen-bond acceptors (Lipinski definition) is 3. The number of halogens is 1. The van der Waals surface area contributed by atoms with Crippen LogP contribution in [0.25, 0.3) is 5.69 Å². The Kier molecular flexibility index (Phi) is 6.82. The average molecular weight is 549 g/mol. The highest BCUT2D eigenvalue weighted by Gasteiger charge is 2.42. The Morgan fingerprint density at radius 1 is 0.825 bits per heavy atom. The minimum atomic E-state index is -0.267. The molecule has 1 N–H and O–H groups in total. The van der Waals surface area contributed by atoms with Crippen molar-refractivity contribution in [3.63, 3.8) is 0 Å². The van der Waals surface area contributed by atoms with Crippen molar-refractivity contribution in [2.75, 3.05) is 4.90 Å². The van der Waals surface area contributed by atoms with Gasteiger partial charge in [0.1, 0.15) is 17.3 Å². The highest BCUT2D eigenvalue weighted by molar-refractivity contribution is 7.80. The van der Waals surface area contributed by atoms with Gasteiger partial charge in [-0.15, -0.1) is 0 Å². The Morgan fingerprint density at radius 2 is 1.55 bits per heavy atom. The van der Waals surface area contributed by atoms with Crippen molar-refractivity contribution in [1.29, 1.82) is 0 Å². The van der Waals surface area contributed by atoms with E-state index in [0.29, 0.717) is 5.11 Å². The van der Waals surface area contributed by atoms with Gasteiger partial charge in [0.05, 0.1) is 17.8 Å². The molecule has 0 radical (unpaired) electrons. The molecule has 5 nitrogen and oxygen atoms in total. The lowest BCUT2D eigenvalue weighted by Gasteiger charge is -2.28. The molecular formula is C33H29FN4OS. The van der Waals surface area contributed by atoms with E-state index in [9.17, 15) is 4.39 Å². The summed E-state index contributed by atoms with van der Waals surface area (Å²) >= 11 is 5.92. The average Bonchev–Trinajstić information content (AvgIpc) is 3.45. The molecule has 3 aromatic carbocycles. The van der Waals surface area contributed by atoms with Crippen LogP contribution in [0.2, 0.25) is 0 Å². The lowest BCUT2D eigenvalue weighted by Crippen LogP contribution is -2.29. The van der Waals surface area contributed by atoms with Crippen molar-refractivity contribution < 1.29 is 9.13 Å². The van der Waals surface area contributed by atoms with Gasteiger partial charge < -0.3 is 19.5 Å². The number of nitrogens with one attached hydrogen (secondary N) is 1. The van der Waals surface area contributed by atoms with Crippen molar-refractivity contribution in [3.05, 3.63) is 137 Å². The van der Waals surface area contributed by atoms with Gasteiger partial charge in [0.25, 0.3) is 0 Å². The third kappa shape index (κ3) is 4.84. The third-order valence-electron chi connectivity index (χ3n) is 7.32. The number of aryl methyl sites for hydroxylation is 2. The molecule has 1 aliphatic rings. The molecule has 200 valence electrons. The molecule has 5 aromatic rings. The maximum atomic E-state index is 14.2. The summed E-state index contributed by atoms with van der Waals surface area (Å²) in [6, 6.07) is 30.3. The number of nitrogens with zero attached hydrogens (tertiary/aromatic N) is 3. The monoisotopic (exact) mass is 548 g/mol. The van der Waals surface area contributed by atoms with Crippen LogP contribution in [0.4, 0.5) is 10.1 Å². The number of ether oxygens (including phenoxy) is 1. The summed E-state index contributed by atoms with van der Waals surface area (Å²) in [5.74, 6) is 1.26. The van der Waals surface area contributed by atoms with Crippen molar-refractivity contribution in [3.8, 4) is 17.2 Å². The van der Waals surface area contributed by atoms with Crippen LogP contribution in [0.15, 0.2) is 103 Å². The van der Waals surface area contributed by atoms with Gasteiger partial charge in [-0.2, -0.15) is 0 Å². The van der Waals surface area contributed by atoms with Crippen LogP contribution in [0.1, 0.15) is 40.3 Å². The molecule has 0 amide bonds. The Morgan fingerprint density at radius 3 is 2.23 bits per heavy atom. The van der Waals surface area contributed by atoms with Crippen LogP contribution < -0.4 is 15.0 Å². The van der Waals surface area contributed by atoms with Crippen LogP contribution >= 0.6 is 12.2 Å². The maximum Gasteiger partial charge on any atom is 0.174 e. The van der Waals surface area contributed by atoms with Gasteiger partial charge in [-0.1, -0.05) is 29.8 Å². The number of thiocarbonyl (C=S) groups is 1. The minimum absolute atomic E-state index is 0.181. The predicted octanol–water partition coefficient (Wildman–Crippen LogP) is 7.91. The normalized spacial score (nSPS) is 16.7. The van der Waals surface area contributed by atoms with E-state index in [0.717, 1.165) is 45.5 Å². The van der Waals surface area contributed by atoms with Crippen LogP contribution in [-0.4, -0.2) is 14.7 Å². The van der Waals surface area contributed by atoms with E-state index in [2.05, 4.69) is 39.7 Å². The van der Waals surface area contributed by atoms with E-state index in [4.69, 9.17) is 17.0 Å². The third-order valence-corrected chi connectivity index (χ3v) is 7.64. The second kappa shape index (κ2) is 10.6. The first-order valence-corrected chi connectivity index (χ1v) is 13.6. The summed E-state index contributed by atoms with van der Waals surface area (Å²) in [4.78, 5) is 6.81. The highest BCUT2D eigenvalue weighted by Crippen LogP contribution is 2.44. The molecular weight excluding hydrogens is 519 g/mol. The fourth-order valence-electron chi connectivity index (χ4n) is 5.47. The molecule has 0 bridgehead atoms. The van der Waals surface area contributed by atoms with E-state index >= 15 is 0 Å². The van der Waals surface area contributed by atoms with Crippen LogP contribution in [0.5, 0.6) is 11.5 Å². The van der Waals surface area contributed by atoms with Gasteiger partial charge in [0.15, 0.2) is 5.11 Å². The summed E-state index contributed by atoms with van der Waals surface area (Å²) in [5.41, 5.74) is 6.92. The van der Waals surface area contributed by atoms with Gasteiger partial charge in [0, 0.05) is 29.0 Å². The lowest BCUT2D eigenvalue weighted by atomic mass is 9.96. The Balaban J connectivity index is 1.41. The van der Waals surface area contributed by atoms with E-state index in [1.807, 2.05) is 79.7 Å². The van der Waals surface area contributed by atoms with Crippen molar-refractivity contribution in [2.24, 2.45) is 0 Å². The SMILES string of the molecule is Cc1ccc(Oc2ccc(N3C(=S)N[C@@H](c4ccccn4)[C@H]3c3cc(C)n(-c4cccc(F)c4)c3C)cc2)cc1. The molecule has 1 aliphatic heterocycles. The zero-order valence-electron chi connectivity index (χ0n) is 22.5. The molecule has 6 rings (SSSR count). The molecule has 0 aliphatic carbocycles. The van der Waals surface area contributed by atoms with Crippen LogP contribution in [0, 0.1) is 26.6 Å². The predicted molar refractivity (Wildman–Crippen MR) is 161 cm³/mol. The van der Waals surface area contributed by atoms with E-state index in [-0.39, 0.29) is 17.9 Å². The number of anilines is 1. The Hall–Kier alpha value is -4.49. The van der Waals surface area contributed by atoms with Crippen molar-refractivity contribution in [1.82, 2.24) is 14.9 Å². The summed E-state index contributed by atoms with van der Waals surface area (Å²) in [5, 5.41) is 4.14. The fraction of sp³-hybridized carbons (Fsp3) is 0.152. The molecule has 7 heteroatoms. The summed E-state index contributed by atoms with van der Waals surface area (Å²) in [6.07, 6.45) is 1.80. The number of rotatable bonds is 6. The Labute approximate surface area is 238 Å². The van der Waals surface area contributed by atoms with E-state index < -0.39 is 0 Å². The molecule has 1 fully saturated rings. The second-order valence-electron chi connectivity index (χ2n) is 10.0. The van der Waals surface area contributed by atoms with Gasteiger partial charge >= 0.3 is 0 Å². The molecule has 40 heavy (non-hydrogen) atoms. The van der Waals surface area contributed by atoms with Gasteiger partial charge in [-0.25, -0.2) is 4.39 Å². The van der Waals surface area contributed by atoms with Gasteiger partial charge in [-0.3, -0.25) is 4.98 Å². The smallest absolute Gasteiger partial charge is 0.174 e. The highest BCUT2D eigenvalue weighted by atomic mass is 32.1. The molecule has 0 spiro atoms. The van der Waals surface area contributed by atoms with Crippen molar-refractivity contribution >= 4 is 23.0 Å². The maximum absolute atomic E-state index is 14.2. The minimum Gasteiger partial charge on any atom is -0.457 e. The van der Waals surface area contributed by atoms with Gasteiger partial charge in [-0.05, 0) is 111 Å². The standard InChI is InChI=1S/C33H29FN4OS/c1-21-10-14-27(15-11-21)39-28-16-12-25(13-17-28)38-32(31(36-33(38)40)30-9-4-5-18-35-30)29-19-22(2)37(23(29)3)26-8-6-7-24(34)20-26/h4-20,31-32H,1-3H3,(H,36,40)/t31-,32+/m0/s1. The van der Waals surface area contributed by atoms with Crippen LogP contribution in [0.3, 0.4) is 0 Å². The molecule has 1 saturated heterocycles. The first-order chi connectivity index (χ1) is 19.4. The lowest BCUT2D eigenvalue weighted by molar-refractivity contribution is 0.482. The Bertz CT molecular complexity index is 1670. The first kappa shape index (κ1) is 25.8. The molecule has 2 atom stereocenters. The first-order valence-electron chi connectivity index (χ1n) is 13.2. The summed E-state index contributed by atoms with van der Waals surface area (Å²) in [7, 11) is 0. The quantitative estimate of drug-likeness (QED) is 0.219. The zero-order chi connectivity index (χ0) is 27.8. The largest absolute Gasteiger partial charge is 0.457 e. The zero-order valence-corrected chi connectivity index (χ0v) is 23.3.